The molecule has 0 aromatic rings. The number of carbonyl (C=O) groups excluding carboxylic acids is 1. The molecule has 1 saturated heterocycles. The number of rotatable bonds is 7. The van der Waals surface area contributed by atoms with Crippen LogP contribution in [0.3, 0.4) is 0 Å². The van der Waals surface area contributed by atoms with Crippen molar-refractivity contribution in [1.82, 2.24) is 0 Å². The fraction of sp³-hybridized carbons (Fsp3) is 0.727. The highest BCUT2D eigenvalue weighted by molar-refractivity contribution is 5.88. The average molecular weight is 230 g/mol. The molecule has 2 N–H and O–H groups in total. The Morgan fingerprint density at radius 1 is 1.69 bits per heavy atom. The molecule has 0 aromatic carbocycles. The van der Waals surface area contributed by atoms with Crippen molar-refractivity contribution >= 4 is 5.97 Å². The van der Waals surface area contributed by atoms with E-state index in [4.69, 9.17) is 19.7 Å². The van der Waals surface area contributed by atoms with Gasteiger partial charge in [0, 0.05) is 5.57 Å². The largest absolute Gasteiger partial charge is 0.459 e. The van der Waals surface area contributed by atoms with Crippen molar-refractivity contribution < 1.29 is 24.5 Å². The molecule has 1 rings (SSSR count). The summed E-state index contributed by atoms with van der Waals surface area (Å²) < 4.78 is 9.87. The molecule has 1 aliphatic heterocycles. The number of esters is 1. The van der Waals surface area contributed by atoms with Crippen molar-refractivity contribution in [3.05, 3.63) is 11.6 Å². The first-order chi connectivity index (χ1) is 7.67. The monoisotopic (exact) mass is 230 g/mol. The van der Waals surface area contributed by atoms with Crippen LogP contribution in [-0.2, 0) is 14.3 Å². The molecule has 0 saturated carbocycles. The third-order valence-corrected chi connectivity index (χ3v) is 2.29. The molecule has 0 aromatic heterocycles. The SMILES string of the molecule is CCC(=CCC1CO1)C(=O)OCC(O)CO. The standard InChI is InChI=1S/C11H18O5/c1-2-8(3-4-10-7-15-10)11(14)16-6-9(13)5-12/h3,9-10,12-13H,2,4-7H2,1H3. The quantitative estimate of drug-likeness (QED) is 0.366. The minimum Gasteiger partial charge on any atom is -0.459 e. The first kappa shape index (κ1) is 13.2. The number of aliphatic hydroxyl groups is 2. The fourth-order valence-electron chi connectivity index (χ4n) is 1.17. The summed E-state index contributed by atoms with van der Waals surface area (Å²) in [6.45, 7) is 2.04. The molecule has 2 unspecified atom stereocenters. The van der Waals surface area contributed by atoms with E-state index in [1.807, 2.05) is 13.0 Å². The van der Waals surface area contributed by atoms with Crippen molar-refractivity contribution in [2.24, 2.45) is 0 Å². The topological polar surface area (TPSA) is 79.3 Å². The lowest BCUT2D eigenvalue weighted by Gasteiger charge is -2.09. The van der Waals surface area contributed by atoms with E-state index in [1.165, 1.54) is 0 Å². The van der Waals surface area contributed by atoms with E-state index in [1.54, 1.807) is 0 Å². The second-order valence-electron chi connectivity index (χ2n) is 3.71. The summed E-state index contributed by atoms with van der Waals surface area (Å²) in [4.78, 5) is 11.5. The van der Waals surface area contributed by atoms with Crippen LogP contribution in [0.25, 0.3) is 0 Å². The van der Waals surface area contributed by atoms with Gasteiger partial charge in [-0.25, -0.2) is 4.79 Å². The lowest BCUT2D eigenvalue weighted by Crippen LogP contribution is -2.22. The molecule has 0 amide bonds. The molecule has 0 radical (unpaired) electrons. The van der Waals surface area contributed by atoms with Crippen molar-refractivity contribution in [3.63, 3.8) is 0 Å². The summed E-state index contributed by atoms with van der Waals surface area (Å²) in [5.74, 6) is -0.435. The minimum absolute atomic E-state index is 0.174. The van der Waals surface area contributed by atoms with Crippen LogP contribution in [0.4, 0.5) is 0 Å². The zero-order chi connectivity index (χ0) is 12.0. The van der Waals surface area contributed by atoms with E-state index >= 15 is 0 Å². The van der Waals surface area contributed by atoms with Gasteiger partial charge in [-0.1, -0.05) is 13.0 Å². The van der Waals surface area contributed by atoms with Crippen molar-refractivity contribution in [2.75, 3.05) is 19.8 Å². The number of carbonyl (C=O) groups is 1. The predicted octanol–water partition coefficient (Wildman–Crippen LogP) is 0.00810. The van der Waals surface area contributed by atoms with Gasteiger partial charge in [-0.3, -0.25) is 0 Å². The molecule has 2 atom stereocenters. The minimum atomic E-state index is -1.01. The normalized spacial score (nSPS) is 21.7. The van der Waals surface area contributed by atoms with Gasteiger partial charge < -0.3 is 19.7 Å². The highest BCUT2D eigenvalue weighted by Crippen LogP contribution is 2.16. The van der Waals surface area contributed by atoms with E-state index < -0.39 is 18.7 Å². The Labute approximate surface area is 94.7 Å². The summed E-state index contributed by atoms with van der Waals surface area (Å²) >= 11 is 0. The zero-order valence-electron chi connectivity index (χ0n) is 9.39. The Kier molecular flexibility index (Phi) is 5.45. The van der Waals surface area contributed by atoms with E-state index in [0.29, 0.717) is 12.0 Å². The average Bonchev–Trinajstić information content (AvgIpc) is 3.10. The number of hydrogen-bond donors (Lipinski definition) is 2. The lowest BCUT2D eigenvalue weighted by atomic mass is 10.1. The van der Waals surface area contributed by atoms with Gasteiger partial charge in [-0.05, 0) is 12.8 Å². The first-order valence-corrected chi connectivity index (χ1v) is 5.44. The van der Waals surface area contributed by atoms with Gasteiger partial charge >= 0.3 is 5.97 Å². The molecule has 16 heavy (non-hydrogen) atoms. The lowest BCUT2D eigenvalue weighted by molar-refractivity contribution is -0.142. The smallest absolute Gasteiger partial charge is 0.333 e. The molecule has 92 valence electrons. The molecular weight excluding hydrogens is 212 g/mol. The van der Waals surface area contributed by atoms with Crippen LogP contribution in [0.1, 0.15) is 19.8 Å². The van der Waals surface area contributed by atoms with Crippen molar-refractivity contribution in [1.29, 1.82) is 0 Å². The van der Waals surface area contributed by atoms with E-state index in [0.717, 1.165) is 13.0 Å². The summed E-state index contributed by atoms with van der Waals surface area (Å²) in [6, 6.07) is 0. The van der Waals surface area contributed by atoms with E-state index in [9.17, 15) is 4.79 Å². The second kappa shape index (κ2) is 6.62. The van der Waals surface area contributed by atoms with Gasteiger partial charge in [-0.15, -0.1) is 0 Å². The number of aliphatic hydroxyl groups excluding tert-OH is 2. The summed E-state index contributed by atoms with van der Waals surface area (Å²) in [6.07, 6.45) is 2.36. The Morgan fingerprint density at radius 2 is 2.38 bits per heavy atom. The van der Waals surface area contributed by atoms with E-state index in [-0.39, 0.29) is 12.7 Å². The van der Waals surface area contributed by atoms with Crippen LogP contribution in [0, 0.1) is 0 Å². The molecule has 1 fully saturated rings. The van der Waals surface area contributed by atoms with Crippen LogP contribution in [0.15, 0.2) is 11.6 Å². The third-order valence-electron chi connectivity index (χ3n) is 2.29. The Hall–Kier alpha value is -0.910. The summed E-state index contributed by atoms with van der Waals surface area (Å²) in [5, 5.41) is 17.6. The molecule has 1 aliphatic rings. The molecule has 0 bridgehead atoms. The molecule has 5 nitrogen and oxygen atoms in total. The maximum atomic E-state index is 11.5. The van der Waals surface area contributed by atoms with Gasteiger partial charge in [0.05, 0.1) is 19.3 Å². The van der Waals surface area contributed by atoms with Gasteiger partial charge in [0.2, 0.25) is 0 Å². The number of hydrogen-bond acceptors (Lipinski definition) is 5. The summed E-state index contributed by atoms with van der Waals surface area (Å²) in [5.41, 5.74) is 0.584. The van der Waals surface area contributed by atoms with Crippen LogP contribution < -0.4 is 0 Å². The molecule has 0 aliphatic carbocycles. The third kappa shape index (κ3) is 4.74. The first-order valence-electron chi connectivity index (χ1n) is 5.44. The van der Waals surface area contributed by atoms with Crippen LogP contribution in [0.2, 0.25) is 0 Å². The summed E-state index contributed by atoms with van der Waals surface area (Å²) in [7, 11) is 0. The van der Waals surface area contributed by atoms with Gasteiger partial charge in [-0.2, -0.15) is 0 Å². The number of epoxide rings is 1. The maximum Gasteiger partial charge on any atom is 0.333 e. The van der Waals surface area contributed by atoms with Gasteiger partial charge in [0.15, 0.2) is 0 Å². The highest BCUT2D eigenvalue weighted by Gasteiger charge is 2.21. The van der Waals surface area contributed by atoms with Crippen LogP contribution in [0.5, 0.6) is 0 Å². The van der Waals surface area contributed by atoms with Crippen LogP contribution >= 0.6 is 0 Å². The second-order valence-corrected chi connectivity index (χ2v) is 3.71. The Bertz CT molecular complexity index is 257. The maximum absolute atomic E-state index is 11.5. The van der Waals surface area contributed by atoms with Crippen molar-refractivity contribution in [2.45, 2.75) is 32.0 Å². The predicted molar refractivity (Wildman–Crippen MR) is 56.8 cm³/mol. The Balaban J connectivity index is 2.32. The van der Waals surface area contributed by atoms with Crippen LogP contribution in [-0.4, -0.2) is 48.2 Å². The zero-order valence-corrected chi connectivity index (χ0v) is 9.39. The van der Waals surface area contributed by atoms with Crippen molar-refractivity contribution in [3.8, 4) is 0 Å². The van der Waals surface area contributed by atoms with Gasteiger partial charge in [0.1, 0.15) is 12.7 Å². The van der Waals surface area contributed by atoms with Gasteiger partial charge in [0.25, 0.3) is 0 Å². The molecule has 0 spiro atoms. The number of ether oxygens (including phenoxy) is 2. The van der Waals surface area contributed by atoms with E-state index in [2.05, 4.69) is 0 Å². The highest BCUT2D eigenvalue weighted by atomic mass is 16.6. The Morgan fingerprint density at radius 3 is 2.88 bits per heavy atom. The molecule has 5 heteroatoms. The molecule has 1 heterocycles. The fourth-order valence-corrected chi connectivity index (χ4v) is 1.17. The molecular formula is C11H18O5.